The summed E-state index contributed by atoms with van der Waals surface area (Å²) in [4.78, 5) is 21.8. The van der Waals surface area contributed by atoms with Gasteiger partial charge in [0, 0.05) is 6.42 Å². The molecule has 4 nitrogen and oxygen atoms in total. The molecular weight excluding hydrogens is 182 g/mol. The molecule has 0 bridgehead atoms. The quantitative estimate of drug-likeness (QED) is 0.614. The Kier molecular flexibility index (Phi) is 6.80. The molecular formula is C10H19NO3. The summed E-state index contributed by atoms with van der Waals surface area (Å²) in [5.74, 6) is -1.12. The zero-order valence-corrected chi connectivity index (χ0v) is 8.88. The molecule has 0 rings (SSSR count). The van der Waals surface area contributed by atoms with Crippen LogP contribution in [0.15, 0.2) is 0 Å². The Morgan fingerprint density at radius 3 is 2.36 bits per heavy atom. The van der Waals surface area contributed by atoms with E-state index in [0.717, 1.165) is 19.3 Å². The fraction of sp³-hybridized carbons (Fsp3) is 0.800. The van der Waals surface area contributed by atoms with Crippen molar-refractivity contribution in [2.45, 2.75) is 52.0 Å². The van der Waals surface area contributed by atoms with Gasteiger partial charge in [-0.3, -0.25) is 4.79 Å². The van der Waals surface area contributed by atoms with Gasteiger partial charge in [0.2, 0.25) is 5.91 Å². The lowest BCUT2D eigenvalue weighted by atomic mass is 10.1. The first kappa shape index (κ1) is 12.9. The predicted molar refractivity (Wildman–Crippen MR) is 54.0 cm³/mol. The van der Waals surface area contributed by atoms with Gasteiger partial charge in [0.15, 0.2) is 0 Å². The van der Waals surface area contributed by atoms with Gasteiger partial charge in [-0.1, -0.05) is 26.7 Å². The zero-order valence-electron chi connectivity index (χ0n) is 8.88. The number of aliphatic carboxylic acids is 1. The second-order valence-electron chi connectivity index (χ2n) is 3.32. The third kappa shape index (κ3) is 5.56. The molecule has 82 valence electrons. The number of amides is 1. The third-order valence-electron chi connectivity index (χ3n) is 2.05. The van der Waals surface area contributed by atoms with Crippen LogP contribution in [0.3, 0.4) is 0 Å². The minimum Gasteiger partial charge on any atom is -0.480 e. The van der Waals surface area contributed by atoms with Gasteiger partial charge in [-0.05, 0) is 12.8 Å². The minimum atomic E-state index is -0.962. The first-order valence-electron chi connectivity index (χ1n) is 5.14. The first-order chi connectivity index (χ1) is 6.61. The summed E-state index contributed by atoms with van der Waals surface area (Å²) < 4.78 is 0. The maximum absolute atomic E-state index is 11.2. The second-order valence-corrected chi connectivity index (χ2v) is 3.32. The van der Waals surface area contributed by atoms with E-state index in [1.165, 1.54) is 0 Å². The molecule has 4 heteroatoms. The molecule has 0 saturated heterocycles. The Labute approximate surface area is 84.7 Å². The fourth-order valence-corrected chi connectivity index (χ4v) is 1.14. The predicted octanol–water partition coefficient (Wildman–Crippen LogP) is 1.55. The lowest BCUT2D eigenvalue weighted by molar-refractivity contribution is -0.141. The van der Waals surface area contributed by atoms with Crippen LogP contribution in [0.5, 0.6) is 0 Å². The van der Waals surface area contributed by atoms with Crippen molar-refractivity contribution in [3.05, 3.63) is 0 Å². The van der Waals surface area contributed by atoms with E-state index in [4.69, 9.17) is 5.11 Å². The molecule has 0 aliphatic rings. The average molecular weight is 201 g/mol. The molecule has 14 heavy (non-hydrogen) atoms. The summed E-state index contributed by atoms with van der Waals surface area (Å²) in [6, 6.07) is -0.732. The molecule has 0 heterocycles. The summed E-state index contributed by atoms with van der Waals surface area (Å²) in [6.45, 7) is 3.80. The van der Waals surface area contributed by atoms with Crippen LogP contribution < -0.4 is 5.32 Å². The lowest BCUT2D eigenvalue weighted by Crippen LogP contribution is -2.40. The molecule has 0 aliphatic heterocycles. The average Bonchev–Trinajstić information content (AvgIpc) is 2.14. The van der Waals surface area contributed by atoms with Crippen molar-refractivity contribution in [3.8, 4) is 0 Å². The second kappa shape index (κ2) is 7.35. The maximum atomic E-state index is 11.2. The van der Waals surface area contributed by atoms with Gasteiger partial charge >= 0.3 is 5.97 Å². The van der Waals surface area contributed by atoms with Gasteiger partial charge < -0.3 is 10.4 Å². The zero-order chi connectivity index (χ0) is 11.0. The van der Waals surface area contributed by atoms with Crippen LogP contribution in [0.4, 0.5) is 0 Å². The van der Waals surface area contributed by atoms with E-state index in [9.17, 15) is 9.59 Å². The van der Waals surface area contributed by atoms with Crippen LogP contribution >= 0.6 is 0 Å². The minimum absolute atomic E-state index is 0.160. The van der Waals surface area contributed by atoms with Crippen LogP contribution in [-0.4, -0.2) is 23.0 Å². The molecule has 2 N–H and O–H groups in total. The largest absolute Gasteiger partial charge is 0.480 e. The van der Waals surface area contributed by atoms with E-state index in [-0.39, 0.29) is 5.91 Å². The Hall–Kier alpha value is -1.06. The van der Waals surface area contributed by atoms with Gasteiger partial charge in [-0.2, -0.15) is 0 Å². The van der Waals surface area contributed by atoms with Gasteiger partial charge in [-0.15, -0.1) is 0 Å². The number of carbonyl (C=O) groups excluding carboxylic acids is 1. The van der Waals surface area contributed by atoms with Gasteiger partial charge in [0.1, 0.15) is 6.04 Å². The molecule has 0 unspecified atom stereocenters. The maximum Gasteiger partial charge on any atom is 0.326 e. The Morgan fingerprint density at radius 1 is 1.29 bits per heavy atom. The summed E-state index contributed by atoms with van der Waals surface area (Å²) in [5.41, 5.74) is 0. The molecule has 0 spiro atoms. The topological polar surface area (TPSA) is 66.4 Å². The van der Waals surface area contributed by atoms with E-state index in [1.807, 2.05) is 0 Å². The Bertz CT molecular complexity index is 192. The van der Waals surface area contributed by atoms with Gasteiger partial charge in [0.25, 0.3) is 0 Å². The van der Waals surface area contributed by atoms with Crippen molar-refractivity contribution < 1.29 is 14.7 Å². The molecule has 1 atom stereocenters. The molecule has 1 amide bonds. The third-order valence-corrected chi connectivity index (χ3v) is 2.05. The lowest BCUT2D eigenvalue weighted by Gasteiger charge is -2.11. The van der Waals surface area contributed by atoms with E-state index < -0.39 is 12.0 Å². The van der Waals surface area contributed by atoms with Crippen molar-refractivity contribution in [1.29, 1.82) is 0 Å². The number of carboxylic acid groups (broad SMARTS) is 1. The number of unbranched alkanes of at least 4 members (excludes halogenated alkanes) is 2. The number of carbonyl (C=O) groups is 2. The van der Waals surface area contributed by atoms with Gasteiger partial charge in [-0.25, -0.2) is 4.79 Å². The number of carboxylic acids is 1. The molecule has 0 aromatic heterocycles. The SMILES string of the molecule is CCCCCC(=O)N[C@H](CC)C(=O)O. The smallest absolute Gasteiger partial charge is 0.326 e. The normalized spacial score (nSPS) is 12.1. The fourth-order valence-electron chi connectivity index (χ4n) is 1.14. The van der Waals surface area contributed by atoms with Gasteiger partial charge in [0.05, 0.1) is 0 Å². The van der Waals surface area contributed by atoms with E-state index >= 15 is 0 Å². The van der Waals surface area contributed by atoms with E-state index in [1.54, 1.807) is 6.92 Å². The van der Waals surface area contributed by atoms with Crippen LogP contribution in [0.1, 0.15) is 46.0 Å². The van der Waals surface area contributed by atoms with Crippen LogP contribution in [0, 0.1) is 0 Å². The number of hydrogen-bond acceptors (Lipinski definition) is 2. The molecule has 0 fully saturated rings. The first-order valence-corrected chi connectivity index (χ1v) is 5.14. The highest BCUT2D eigenvalue weighted by Crippen LogP contribution is 2.00. The van der Waals surface area contributed by atoms with E-state index in [2.05, 4.69) is 12.2 Å². The van der Waals surface area contributed by atoms with Crippen molar-refractivity contribution in [3.63, 3.8) is 0 Å². The molecule has 0 aromatic rings. The Morgan fingerprint density at radius 2 is 1.93 bits per heavy atom. The van der Waals surface area contributed by atoms with Crippen molar-refractivity contribution >= 4 is 11.9 Å². The van der Waals surface area contributed by atoms with Crippen LogP contribution in [-0.2, 0) is 9.59 Å². The molecule has 0 saturated carbocycles. The summed E-state index contributed by atoms with van der Waals surface area (Å²) in [7, 11) is 0. The highest BCUT2D eigenvalue weighted by Gasteiger charge is 2.16. The van der Waals surface area contributed by atoms with Crippen molar-refractivity contribution in [2.75, 3.05) is 0 Å². The summed E-state index contributed by atoms with van der Waals surface area (Å²) >= 11 is 0. The highest BCUT2D eigenvalue weighted by molar-refractivity contribution is 5.83. The highest BCUT2D eigenvalue weighted by atomic mass is 16.4. The van der Waals surface area contributed by atoms with E-state index in [0.29, 0.717) is 12.8 Å². The number of hydrogen-bond donors (Lipinski definition) is 2. The summed E-state index contributed by atoms with van der Waals surface area (Å²) in [5, 5.41) is 11.2. The molecule has 0 aliphatic carbocycles. The number of nitrogens with one attached hydrogen (secondary N) is 1. The Balaban J connectivity index is 3.74. The van der Waals surface area contributed by atoms with Crippen molar-refractivity contribution in [1.82, 2.24) is 5.32 Å². The van der Waals surface area contributed by atoms with Crippen LogP contribution in [0.25, 0.3) is 0 Å². The van der Waals surface area contributed by atoms with Crippen molar-refractivity contribution in [2.24, 2.45) is 0 Å². The standard InChI is InChI=1S/C10H19NO3/c1-3-5-6-7-9(12)11-8(4-2)10(13)14/h8H,3-7H2,1-2H3,(H,11,12)(H,13,14)/t8-/m1/s1. The monoisotopic (exact) mass is 201 g/mol. The van der Waals surface area contributed by atoms with Crippen LogP contribution in [0.2, 0.25) is 0 Å². The molecule has 0 radical (unpaired) electrons. The summed E-state index contributed by atoms with van der Waals surface area (Å²) in [6.07, 6.45) is 3.76. The number of rotatable bonds is 7. The molecule has 0 aromatic carbocycles.